The van der Waals surface area contributed by atoms with Gasteiger partial charge in [-0.05, 0) is 36.8 Å². The number of carbonyl (C=O) groups excluding carboxylic acids is 1. The van der Waals surface area contributed by atoms with E-state index in [0.29, 0.717) is 5.56 Å². The van der Waals surface area contributed by atoms with Crippen LogP contribution in [0.4, 0.5) is 0 Å². The molecular weight excluding hydrogens is 352 g/mol. The predicted octanol–water partition coefficient (Wildman–Crippen LogP) is 2.59. The molecule has 3 rings (SSSR count). The minimum absolute atomic E-state index is 0.0877. The fourth-order valence-electron chi connectivity index (χ4n) is 2.45. The Morgan fingerprint density at radius 3 is 2.50 bits per heavy atom. The molecule has 1 heterocycles. The third kappa shape index (κ3) is 3.58. The van der Waals surface area contributed by atoms with Crippen LogP contribution in [0.15, 0.2) is 64.1 Å². The van der Waals surface area contributed by atoms with Gasteiger partial charge in [0, 0.05) is 19.7 Å². The van der Waals surface area contributed by atoms with Gasteiger partial charge < -0.3 is 4.74 Å². The number of nitrogens with zero attached hydrogens (tertiary/aromatic N) is 2. The summed E-state index contributed by atoms with van der Waals surface area (Å²) < 4.78 is 30.9. The van der Waals surface area contributed by atoms with E-state index in [1.807, 2.05) is 31.2 Å². The van der Waals surface area contributed by atoms with Gasteiger partial charge in [0.05, 0.1) is 4.90 Å². The average molecular weight is 370 g/mol. The second kappa shape index (κ2) is 6.86. The third-order valence-corrected chi connectivity index (χ3v) is 5.64. The number of ether oxygens (including phenoxy) is 1. The van der Waals surface area contributed by atoms with E-state index in [-0.39, 0.29) is 16.5 Å². The maximum atomic E-state index is 12.3. The van der Waals surface area contributed by atoms with Crippen LogP contribution in [0.3, 0.4) is 0 Å². The minimum Gasteiger partial charge on any atom is -0.402 e. The van der Waals surface area contributed by atoms with Crippen LogP contribution < -0.4 is 0 Å². The number of benzene rings is 2. The SMILES string of the molecule is Cc1cccc(C=C2N=C(c3cccc(S(=O)(=O)N(C)C)c3)OC2=O)c1. The predicted molar refractivity (Wildman–Crippen MR) is 99.1 cm³/mol. The highest BCUT2D eigenvalue weighted by Crippen LogP contribution is 2.22. The van der Waals surface area contributed by atoms with Gasteiger partial charge in [-0.25, -0.2) is 22.5 Å². The molecule has 7 heteroatoms. The van der Waals surface area contributed by atoms with Crippen molar-refractivity contribution in [3.8, 4) is 0 Å². The van der Waals surface area contributed by atoms with Crippen LogP contribution in [0.2, 0.25) is 0 Å². The summed E-state index contributed by atoms with van der Waals surface area (Å²) >= 11 is 0. The molecule has 1 aliphatic heterocycles. The van der Waals surface area contributed by atoms with Crippen molar-refractivity contribution in [3.63, 3.8) is 0 Å². The fraction of sp³-hybridized carbons (Fsp3) is 0.158. The highest BCUT2D eigenvalue weighted by Gasteiger charge is 2.26. The number of cyclic esters (lactones) is 1. The Bertz CT molecular complexity index is 1040. The van der Waals surface area contributed by atoms with Gasteiger partial charge in [-0.1, -0.05) is 35.9 Å². The molecule has 0 aliphatic carbocycles. The van der Waals surface area contributed by atoms with E-state index in [0.717, 1.165) is 15.4 Å². The molecule has 26 heavy (non-hydrogen) atoms. The van der Waals surface area contributed by atoms with Crippen molar-refractivity contribution in [1.82, 2.24) is 4.31 Å². The maximum Gasteiger partial charge on any atom is 0.363 e. The molecule has 0 atom stereocenters. The molecule has 0 saturated carbocycles. The molecule has 2 aromatic rings. The highest BCUT2D eigenvalue weighted by atomic mass is 32.2. The minimum atomic E-state index is -3.59. The molecule has 0 spiro atoms. The van der Waals surface area contributed by atoms with Crippen LogP contribution in [0.1, 0.15) is 16.7 Å². The van der Waals surface area contributed by atoms with E-state index in [9.17, 15) is 13.2 Å². The summed E-state index contributed by atoms with van der Waals surface area (Å²) in [5, 5.41) is 0. The fourth-order valence-corrected chi connectivity index (χ4v) is 3.40. The summed E-state index contributed by atoms with van der Waals surface area (Å²) in [7, 11) is -0.674. The van der Waals surface area contributed by atoms with Gasteiger partial charge in [0.1, 0.15) is 0 Å². The van der Waals surface area contributed by atoms with E-state index in [1.54, 1.807) is 18.2 Å². The van der Waals surface area contributed by atoms with Crippen molar-refractivity contribution in [2.75, 3.05) is 14.1 Å². The number of hydrogen-bond acceptors (Lipinski definition) is 5. The first-order valence-corrected chi connectivity index (χ1v) is 9.33. The molecule has 2 aromatic carbocycles. The summed E-state index contributed by atoms with van der Waals surface area (Å²) in [6.45, 7) is 1.96. The first kappa shape index (κ1) is 18.0. The smallest absolute Gasteiger partial charge is 0.363 e. The van der Waals surface area contributed by atoms with Crippen LogP contribution in [0, 0.1) is 6.92 Å². The molecule has 0 unspecified atom stereocenters. The first-order valence-electron chi connectivity index (χ1n) is 7.89. The zero-order valence-electron chi connectivity index (χ0n) is 14.6. The lowest BCUT2D eigenvalue weighted by Gasteiger charge is -2.11. The normalized spacial score (nSPS) is 16.1. The summed E-state index contributed by atoms with van der Waals surface area (Å²) in [6, 6.07) is 13.8. The van der Waals surface area contributed by atoms with Crippen molar-refractivity contribution in [2.24, 2.45) is 4.99 Å². The van der Waals surface area contributed by atoms with Gasteiger partial charge >= 0.3 is 5.97 Å². The number of rotatable bonds is 4. The number of sulfonamides is 1. The number of aryl methyl sites for hydroxylation is 1. The van der Waals surface area contributed by atoms with Gasteiger partial charge in [0.15, 0.2) is 5.70 Å². The van der Waals surface area contributed by atoms with Gasteiger partial charge in [-0.15, -0.1) is 0 Å². The van der Waals surface area contributed by atoms with Gasteiger partial charge in [0.2, 0.25) is 15.9 Å². The van der Waals surface area contributed by atoms with Crippen molar-refractivity contribution in [3.05, 3.63) is 70.9 Å². The lowest BCUT2D eigenvalue weighted by Crippen LogP contribution is -2.22. The molecule has 0 amide bonds. The summed E-state index contributed by atoms with van der Waals surface area (Å²) in [6.07, 6.45) is 1.64. The average Bonchev–Trinajstić information content (AvgIpc) is 2.96. The van der Waals surface area contributed by atoms with Gasteiger partial charge in [-0.2, -0.15) is 0 Å². The first-order chi connectivity index (χ1) is 12.3. The molecule has 0 fully saturated rings. The second-order valence-electron chi connectivity index (χ2n) is 6.07. The van der Waals surface area contributed by atoms with Crippen LogP contribution in [0.25, 0.3) is 6.08 Å². The lowest BCUT2D eigenvalue weighted by molar-refractivity contribution is -0.129. The number of aliphatic imine (C=N–C) groups is 1. The molecule has 0 bridgehead atoms. The standard InChI is InChI=1S/C19H18N2O4S/c1-13-6-4-7-14(10-13)11-17-19(22)25-18(20-17)15-8-5-9-16(12-15)26(23,24)21(2)3/h4-12H,1-3H3. The Hall–Kier alpha value is -2.77. The van der Waals surface area contributed by atoms with E-state index in [2.05, 4.69) is 4.99 Å². The monoisotopic (exact) mass is 370 g/mol. The highest BCUT2D eigenvalue weighted by molar-refractivity contribution is 7.89. The molecule has 0 saturated heterocycles. The largest absolute Gasteiger partial charge is 0.402 e. The Balaban J connectivity index is 1.97. The van der Waals surface area contributed by atoms with Crippen LogP contribution in [0.5, 0.6) is 0 Å². The Morgan fingerprint density at radius 1 is 1.08 bits per heavy atom. The zero-order valence-corrected chi connectivity index (χ0v) is 15.4. The van der Waals surface area contributed by atoms with Gasteiger partial charge in [-0.3, -0.25) is 0 Å². The van der Waals surface area contributed by atoms with Crippen LogP contribution in [-0.4, -0.2) is 38.7 Å². The Morgan fingerprint density at radius 2 is 1.81 bits per heavy atom. The molecular formula is C19H18N2O4S. The van der Waals surface area contributed by atoms with Crippen molar-refractivity contribution in [1.29, 1.82) is 0 Å². The summed E-state index contributed by atoms with van der Waals surface area (Å²) in [5.41, 5.74) is 2.50. The topological polar surface area (TPSA) is 76.0 Å². The van der Waals surface area contributed by atoms with Crippen LogP contribution in [-0.2, 0) is 19.6 Å². The quantitative estimate of drug-likeness (QED) is 0.612. The number of hydrogen-bond donors (Lipinski definition) is 0. The molecule has 134 valence electrons. The maximum absolute atomic E-state index is 12.3. The molecule has 0 radical (unpaired) electrons. The van der Waals surface area contributed by atoms with Crippen molar-refractivity contribution in [2.45, 2.75) is 11.8 Å². The zero-order chi connectivity index (χ0) is 18.9. The van der Waals surface area contributed by atoms with Crippen LogP contribution >= 0.6 is 0 Å². The number of carbonyl (C=O) groups is 1. The third-order valence-electron chi connectivity index (χ3n) is 3.83. The summed E-state index contributed by atoms with van der Waals surface area (Å²) in [4.78, 5) is 16.4. The van der Waals surface area contributed by atoms with Gasteiger partial charge in [0.25, 0.3) is 0 Å². The van der Waals surface area contributed by atoms with E-state index >= 15 is 0 Å². The second-order valence-corrected chi connectivity index (χ2v) is 8.22. The lowest BCUT2D eigenvalue weighted by atomic mass is 10.1. The molecule has 0 aromatic heterocycles. The van der Waals surface area contributed by atoms with Crippen molar-refractivity contribution >= 4 is 28.0 Å². The molecule has 1 aliphatic rings. The Kier molecular flexibility index (Phi) is 4.76. The van der Waals surface area contributed by atoms with E-state index < -0.39 is 16.0 Å². The van der Waals surface area contributed by atoms with E-state index in [1.165, 1.54) is 26.2 Å². The summed E-state index contributed by atoms with van der Waals surface area (Å²) in [5.74, 6) is -0.480. The molecule has 0 N–H and O–H groups in total. The number of esters is 1. The molecule has 6 nitrogen and oxygen atoms in total. The Labute approximate surface area is 152 Å². The van der Waals surface area contributed by atoms with Crippen molar-refractivity contribution < 1.29 is 17.9 Å². The van der Waals surface area contributed by atoms with E-state index in [4.69, 9.17) is 4.74 Å².